The molecule has 1 aliphatic carbocycles. The molecular formula is C38H42O6. The fraction of sp³-hybridized carbons (Fsp3) is 0.421. The molecule has 3 aliphatic heterocycles. The highest BCUT2D eigenvalue weighted by Gasteiger charge is 2.35. The summed E-state index contributed by atoms with van der Waals surface area (Å²) in [5.41, 5.74) is 5.70. The Kier molecular flexibility index (Phi) is 8.10. The second kappa shape index (κ2) is 12.2. The first-order chi connectivity index (χ1) is 21.4. The first-order valence-electron chi connectivity index (χ1n) is 15.8. The van der Waals surface area contributed by atoms with Crippen molar-refractivity contribution in [3.63, 3.8) is 0 Å². The molecule has 0 aromatic heterocycles. The number of hydrogen-bond donors (Lipinski definition) is 0. The van der Waals surface area contributed by atoms with E-state index >= 15 is 0 Å². The van der Waals surface area contributed by atoms with Crippen LogP contribution in [0.1, 0.15) is 49.4 Å². The highest BCUT2D eigenvalue weighted by atomic mass is 16.6. The van der Waals surface area contributed by atoms with E-state index in [2.05, 4.69) is 112 Å². The molecule has 230 valence electrons. The second-order valence-corrected chi connectivity index (χ2v) is 13.0. The quantitative estimate of drug-likeness (QED) is 0.198. The highest BCUT2D eigenvalue weighted by molar-refractivity contribution is 5.54. The van der Waals surface area contributed by atoms with Gasteiger partial charge in [-0.25, -0.2) is 0 Å². The van der Waals surface area contributed by atoms with Crippen molar-refractivity contribution in [3.8, 4) is 11.5 Å². The second-order valence-electron chi connectivity index (χ2n) is 13.0. The van der Waals surface area contributed by atoms with Crippen molar-refractivity contribution in [3.05, 3.63) is 119 Å². The predicted molar refractivity (Wildman–Crippen MR) is 170 cm³/mol. The molecule has 0 spiro atoms. The van der Waals surface area contributed by atoms with E-state index in [0.717, 1.165) is 37.7 Å². The molecular weight excluding hydrogens is 552 g/mol. The summed E-state index contributed by atoms with van der Waals surface area (Å²) >= 11 is 0. The van der Waals surface area contributed by atoms with Crippen molar-refractivity contribution >= 4 is 0 Å². The lowest BCUT2D eigenvalue weighted by Crippen LogP contribution is -2.28. The number of ether oxygens (including phenoxy) is 6. The first-order valence-corrected chi connectivity index (χ1v) is 15.8. The zero-order valence-corrected chi connectivity index (χ0v) is 25.9. The van der Waals surface area contributed by atoms with Crippen molar-refractivity contribution < 1.29 is 28.4 Å². The van der Waals surface area contributed by atoms with Gasteiger partial charge in [0.05, 0.1) is 32.5 Å². The third-order valence-electron chi connectivity index (χ3n) is 9.40. The molecule has 0 amide bonds. The lowest BCUT2D eigenvalue weighted by atomic mass is 9.68. The average molecular weight is 595 g/mol. The van der Waals surface area contributed by atoms with Gasteiger partial charge in [-0.3, -0.25) is 0 Å². The summed E-state index contributed by atoms with van der Waals surface area (Å²) in [6.07, 6.45) is 8.45. The van der Waals surface area contributed by atoms with Crippen molar-refractivity contribution in [1.29, 1.82) is 0 Å². The van der Waals surface area contributed by atoms with Gasteiger partial charge in [0.15, 0.2) is 0 Å². The number of hydrogen-bond acceptors (Lipinski definition) is 6. The van der Waals surface area contributed by atoms with Crippen molar-refractivity contribution in [2.75, 3.05) is 39.6 Å². The molecule has 44 heavy (non-hydrogen) atoms. The molecule has 3 fully saturated rings. The maximum absolute atomic E-state index is 6.08. The summed E-state index contributed by atoms with van der Waals surface area (Å²) in [5.74, 6) is 1.75. The summed E-state index contributed by atoms with van der Waals surface area (Å²) < 4.78 is 33.8. The number of rotatable bonds is 14. The minimum atomic E-state index is -0.355. The lowest BCUT2D eigenvalue weighted by molar-refractivity contribution is 0.0728. The molecule has 3 aromatic rings. The maximum Gasteiger partial charge on any atom is 0.119 e. The van der Waals surface area contributed by atoms with Crippen LogP contribution < -0.4 is 9.47 Å². The molecule has 6 nitrogen and oxygen atoms in total. The van der Waals surface area contributed by atoms with Crippen LogP contribution in [-0.2, 0) is 29.8 Å². The maximum atomic E-state index is 6.08. The number of allylic oxidation sites excluding steroid dienone is 2. The summed E-state index contributed by atoms with van der Waals surface area (Å²) in [7, 11) is 0. The minimum Gasteiger partial charge on any atom is -0.491 e. The van der Waals surface area contributed by atoms with Gasteiger partial charge >= 0.3 is 0 Å². The zero-order chi connectivity index (χ0) is 30.1. The molecule has 5 atom stereocenters. The molecule has 0 saturated carbocycles. The molecule has 6 heteroatoms. The van der Waals surface area contributed by atoms with Gasteiger partial charge in [-0.05, 0) is 65.4 Å². The van der Waals surface area contributed by atoms with Crippen molar-refractivity contribution in [2.45, 2.75) is 62.4 Å². The standard InChI is InChI=1S/C38H42O6/c1-37(2,27-8-14-31(15-9-27)39-20-34-23-42-34)26-4-6-28(7-5-26)38(3,29-10-16-32(17-11-29)40-21-35-24-43-35)30-12-18-33(19-13-30)41-22-36-25-44-36/h4-18,33-36H,19-25H2,1-3H3/t33?,34?,35?,36-,38?/m1/s1. The SMILES string of the molecule is CC(C)(c1ccc(OCC2CO2)cc1)c1ccc(C(C)(C2=CCC(OC[C@@H]3CO3)C=C2)c2ccc(OCC3CO3)cc2)cc1. The van der Waals surface area contributed by atoms with E-state index < -0.39 is 0 Å². The molecule has 3 heterocycles. The molecule has 4 unspecified atom stereocenters. The number of benzene rings is 3. The molecule has 0 N–H and O–H groups in total. The van der Waals surface area contributed by atoms with Gasteiger partial charge in [-0.2, -0.15) is 0 Å². The summed E-state index contributed by atoms with van der Waals surface area (Å²) in [4.78, 5) is 0. The van der Waals surface area contributed by atoms with E-state index in [1.54, 1.807) is 0 Å². The third-order valence-corrected chi connectivity index (χ3v) is 9.40. The lowest BCUT2D eigenvalue weighted by Gasteiger charge is -2.35. The predicted octanol–water partition coefficient (Wildman–Crippen LogP) is 6.54. The molecule has 3 saturated heterocycles. The molecule has 0 radical (unpaired) electrons. The molecule has 3 aromatic carbocycles. The van der Waals surface area contributed by atoms with Crippen LogP contribution in [0, 0.1) is 0 Å². The van der Waals surface area contributed by atoms with Gasteiger partial charge in [0.2, 0.25) is 0 Å². The van der Waals surface area contributed by atoms with Crippen LogP contribution in [0.25, 0.3) is 0 Å². The van der Waals surface area contributed by atoms with Crippen LogP contribution in [0.5, 0.6) is 11.5 Å². The fourth-order valence-electron chi connectivity index (χ4n) is 5.94. The molecule has 0 bridgehead atoms. The van der Waals surface area contributed by atoms with Crippen LogP contribution in [0.15, 0.2) is 96.6 Å². The summed E-state index contributed by atoms with van der Waals surface area (Å²) in [5, 5.41) is 0. The highest BCUT2D eigenvalue weighted by Crippen LogP contribution is 2.43. The van der Waals surface area contributed by atoms with Gasteiger partial charge in [0.1, 0.15) is 43.0 Å². The first kappa shape index (κ1) is 29.3. The van der Waals surface area contributed by atoms with E-state index in [1.807, 2.05) is 0 Å². The monoisotopic (exact) mass is 594 g/mol. The van der Waals surface area contributed by atoms with E-state index in [1.165, 1.54) is 27.8 Å². The Morgan fingerprint density at radius 1 is 0.614 bits per heavy atom. The van der Waals surface area contributed by atoms with Crippen molar-refractivity contribution in [2.24, 2.45) is 0 Å². The van der Waals surface area contributed by atoms with Crippen LogP contribution in [0.3, 0.4) is 0 Å². The summed E-state index contributed by atoms with van der Waals surface area (Å²) in [6.45, 7) is 11.1. The van der Waals surface area contributed by atoms with Gasteiger partial charge in [-0.15, -0.1) is 0 Å². The van der Waals surface area contributed by atoms with Crippen LogP contribution >= 0.6 is 0 Å². The smallest absolute Gasteiger partial charge is 0.119 e. The third kappa shape index (κ3) is 6.64. The van der Waals surface area contributed by atoms with Crippen molar-refractivity contribution in [1.82, 2.24) is 0 Å². The number of epoxide rings is 3. The van der Waals surface area contributed by atoms with Gasteiger partial charge in [0.25, 0.3) is 0 Å². The Balaban J connectivity index is 1.13. The summed E-state index contributed by atoms with van der Waals surface area (Å²) in [6, 6.07) is 26.2. The fourth-order valence-corrected chi connectivity index (χ4v) is 5.94. The Labute approximate surface area is 260 Å². The normalized spacial score (nSPS) is 25.1. The van der Waals surface area contributed by atoms with Crippen LogP contribution in [-0.4, -0.2) is 64.1 Å². The topological polar surface area (TPSA) is 65.3 Å². The molecule has 7 rings (SSSR count). The Bertz CT molecular complexity index is 1480. The zero-order valence-electron chi connectivity index (χ0n) is 25.9. The Morgan fingerprint density at radius 3 is 1.50 bits per heavy atom. The van der Waals surface area contributed by atoms with E-state index in [-0.39, 0.29) is 35.2 Å². The van der Waals surface area contributed by atoms with Crippen LogP contribution in [0.4, 0.5) is 0 Å². The largest absolute Gasteiger partial charge is 0.491 e. The van der Waals surface area contributed by atoms with E-state index in [9.17, 15) is 0 Å². The Morgan fingerprint density at radius 2 is 1.05 bits per heavy atom. The van der Waals surface area contributed by atoms with Gasteiger partial charge < -0.3 is 28.4 Å². The minimum absolute atomic E-state index is 0.0784. The Hall–Kier alpha value is -3.42. The average Bonchev–Trinajstić information content (AvgIpc) is 3.91. The van der Waals surface area contributed by atoms with Crippen LogP contribution in [0.2, 0.25) is 0 Å². The van der Waals surface area contributed by atoms with Gasteiger partial charge in [0, 0.05) is 10.8 Å². The molecule has 4 aliphatic rings. The van der Waals surface area contributed by atoms with Gasteiger partial charge in [-0.1, -0.05) is 80.6 Å². The van der Waals surface area contributed by atoms with E-state index in [0.29, 0.717) is 19.8 Å². The van der Waals surface area contributed by atoms with E-state index in [4.69, 9.17) is 28.4 Å².